The molecule has 0 saturated heterocycles. The van der Waals surface area contributed by atoms with Crippen LogP contribution in [0.2, 0.25) is 0 Å². The minimum atomic E-state index is -0.240. The summed E-state index contributed by atoms with van der Waals surface area (Å²) in [7, 11) is 0. The van der Waals surface area contributed by atoms with Gasteiger partial charge in [-0.1, -0.05) is 41.7 Å². The molecule has 0 unspecified atom stereocenters. The van der Waals surface area contributed by atoms with Crippen molar-refractivity contribution in [2.45, 2.75) is 6.92 Å². The fourth-order valence-corrected chi connectivity index (χ4v) is 3.55. The fourth-order valence-electron chi connectivity index (χ4n) is 2.67. The van der Waals surface area contributed by atoms with Gasteiger partial charge in [0, 0.05) is 5.69 Å². The van der Waals surface area contributed by atoms with Crippen LogP contribution in [0.4, 0.5) is 5.69 Å². The molecule has 0 fully saturated rings. The number of thiazole rings is 1. The predicted molar refractivity (Wildman–Crippen MR) is 108 cm³/mol. The van der Waals surface area contributed by atoms with Crippen LogP contribution in [-0.4, -0.2) is 27.1 Å². The molecule has 0 aliphatic carbocycles. The summed E-state index contributed by atoms with van der Waals surface area (Å²) < 4.78 is 7.40. The largest absolute Gasteiger partial charge is 0.484 e. The van der Waals surface area contributed by atoms with Crippen LogP contribution in [0.15, 0.2) is 59.7 Å². The lowest BCUT2D eigenvalue weighted by Crippen LogP contribution is -2.23. The van der Waals surface area contributed by atoms with Gasteiger partial charge in [-0.2, -0.15) is 9.61 Å². The highest BCUT2D eigenvalue weighted by atomic mass is 32.1. The molecule has 2 heterocycles. The van der Waals surface area contributed by atoms with E-state index < -0.39 is 0 Å². The molecule has 140 valence electrons. The topological polar surface area (TPSA) is 85.6 Å². The van der Waals surface area contributed by atoms with Gasteiger partial charge in [-0.3, -0.25) is 9.59 Å². The van der Waals surface area contributed by atoms with Crippen LogP contribution in [0.1, 0.15) is 11.1 Å². The number of para-hydroxylation sites is 1. The molecule has 0 radical (unpaired) electrons. The first-order chi connectivity index (χ1) is 13.6. The summed E-state index contributed by atoms with van der Waals surface area (Å²) in [6.07, 6.45) is 3.11. The Kier molecular flexibility index (Phi) is 4.86. The summed E-state index contributed by atoms with van der Waals surface area (Å²) in [5, 5.41) is 6.73. The van der Waals surface area contributed by atoms with Crippen molar-refractivity contribution < 1.29 is 9.53 Å². The number of hydrogen-bond donors (Lipinski definition) is 1. The molecule has 1 amide bonds. The quantitative estimate of drug-likeness (QED) is 0.562. The van der Waals surface area contributed by atoms with Crippen molar-refractivity contribution in [2.24, 2.45) is 0 Å². The van der Waals surface area contributed by atoms with Crippen molar-refractivity contribution in [2.75, 3.05) is 11.9 Å². The predicted octanol–water partition coefficient (Wildman–Crippen LogP) is 2.02. The second kappa shape index (κ2) is 7.61. The first kappa shape index (κ1) is 17.9. The molecule has 4 aromatic rings. The van der Waals surface area contributed by atoms with Gasteiger partial charge >= 0.3 is 0 Å². The van der Waals surface area contributed by atoms with Crippen molar-refractivity contribution in [3.63, 3.8) is 0 Å². The average molecular weight is 392 g/mol. The van der Waals surface area contributed by atoms with E-state index in [0.29, 0.717) is 15.2 Å². The maximum Gasteiger partial charge on any atom is 0.291 e. The van der Waals surface area contributed by atoms with Crippen LogP contribution in [0, 0.1) is 6.92 Å². The van der Waals surface area contributed by atoms with Gasteiger partial charge in [-0.15, -0.1) is 0 Å². The number of aromatic nitrogens is 3. The zero-order chi connectivity index (χ0) is 19.5. The van der Waals surface area contributed by atoms with E-state index in [-0.39, 0.29) is 18.1 Å². The van der Waals surface area contributed by atoms with Gasteiger partial charge in [0.25, 0.3) is 11.5 Å². The number of ether oxygens (including phenoxy) is 1. The van der Waals surface area contributed by atoms with E-state index in [9.17, 15) is 9.59 Å². The standard InChI is InChI=1S/C20H16N4O3S/c1-13-5-2-3-8-16(13)23-18(25)11-27-15-7-4-6-14(9-15)10-17-19(26)24-20(28-17)21-12-22-24/h2-10,12H,11H2,1H3,(H,23,25)/b17-10-. The fraction of sp³-hybridized carbons (Fsp3) is 0.100. The normalized spacial score (nSPS) is 11.7. The Morgan fingerprint density at radius 3 is 2.93 bits per heavy atom. The maximum atomic E-state index is 12.3. The van der Waals surface area contributed by atoms with Gasteiger partial charge in [0.2, 0.25) is 4.96 Å². The molecule has 0 aliphatic heterocycles. The highest BCUT2D eigenvalue weighted by molar-refractivity contribution is 7.15. The second-order valence-corrected chi connectivity index (χ2v) is 7.10. The van der Waals surface area contributed by atoms with Gasteiger partial charge in [0.05, 0.1) is 4.53 Å². The molecule has 0 bridgehead atoms. The third-order valence-corrected chi connectivity index (χ3v) is 5.04. The zero-order valence-corrected chi connectivity index (χ0v) is 15.8. The zero-order valence-electron chi connectivity index (χ0n) is 15.0. The lowest BCUT2D eigenvalue weighted by atomic mass is 10.2. The van der Waals surface area contributed by atoms with Gasteiger partial charge in [0.1, 0.15) is 12.1 Å². The summed E-state index contributed by atoms with van der Waals surface area (Å²) in [5.41, 5.74) is 2.33. The number of benzene rings is 2. The van der Waals surface area contributed by atoms with E-state index in [1.54, 1.807) is 18.2 Å². The number of anilines is 1. The van der Waals surface area contributed by atoms with Gasteiger partial charge in [0.15, 0.2) is 6.61 Å². The third kappa shape index (κ3) is 3.77. The van der Waals surface area contributed by atoms with Crippen LogP contribution in [-0.2, 0) is 4.79 Å². The highest BCUT2D eigenvalue weighted by Gasteiger charge is 2.07. The molecule has 28 heavy (non-hydrogen) atoms. The minimum Gasteiger partial charge on any atom is -0.484 e. The van der Waals surface area contributed by atoms with Crippen molar-refractivity contribution in [3.05, 3.63) is 80.9 Å². The van der Waals surface area contributed by atoms with Gasteiger partial charge in [-0.25, -0.2) is 4.98 Å². The Bertz CT molecular complexity index is 1260. The average Bonchev–Trinajstić information content (AvgIpc) is 3.26. The Morgan fingerprint density at radius 2 is 2.11 bits per heavy atom. The molecule has 0 atom stereocenters. The molecule has 7 nitrogen and oxygen atoms in total. The summed E-state index contributed by atoms with van der Waals surface area (Å²) in [6, 6.07) is 14.8. The molecule has 4 rings (SSSR count). The summed E-state index contributed by atoms with van der Waals surface area (Å²) in [4.78, 5) is 29.0. The number of aryl methyl sites for hydroxylation is 1. The van der Waals surface area contributed by atoms with E-state index in [1.807, 2.05) is 43.3 Å². The Hall–Kier alpha value is -3.52. The minimum absolute atomic E-state index is 0.110. The number of nitrogens with one attached hydrogen (secondary N) is 1. The number of rotatable bonds is 5. The van der Waals surface area contributed by atoms with E-state index in [1.165, 1.54) is 22.2 Å². The van der Waals surface area contributed by atoms with Crippen LogP contribution in [0.25, 0.3) is 11.0 Å². The molecular weight excluding hydrogens is 376 g/mol. The number of carbonyl (C=O) groups excluding carboxylic acids is 1. The smallest absolute Gasteiger partial charge is 0.291 e. The molecule has 1 N–H and O–H groups in total. The van der Waals surface area contributed by atoms with Crippen molar-refractivity contribution in [1.29, 1.82) is 0 Å². The van der Waals surface area contributed by atoms with E-state index in [4.69, 9.17) is 4.74 Å². The molecule has 2 aromatic heterocycles. The lowest BCUT2D eigenvalue weighted by molar-refractivity contribution is -0.118. The summed E-state index contributed by atoms with van der Waals surface area (Å²) in [5.74, 6) is 0.302. The van der Waals surface area contributed by atoms with E-state index >= 15 is 0 Å². The third-order valence-electron chi connectivity index (χ3n) is 4.07. The van der Waals surface area contributed by atoms with Crippen LogP contribution in [0.3, 0.4) is 0 Å². The summed E-state index contributed by atoms with van der Waals surface area (Å²) >= 11 is 1.27. The lowest BCUT2D eigenvalue weighted by Gasteiger charge is -2.09. The van der Waals surface area contributed by atoms with Crippen LogP contribution in [0.5, 0.6) is 5.75 Å². The molecular formula is C20H16N4O3S. The second-order valence-electron chi connectivity index (χ2n) is 6.09. The number of hydrogen-bond acceptors (Lipinski definition) is 6. The Labute approximate surface area is 163 Å². The van der Waals surface area contributed by atoms with Crippen molar-refractivity contribution >= 4 is 34.0 Å². The Balaban J connectivity index is 1.47. The van der Waals surface area contributed by atoms with E-state index in [0.717, 1.165) is 16.8 Å². The SMILES string of the molecule is Cc1ccccc1NC(=O)COc1cccc(/C=c2\sc3ncnn3c2=O)c1. The highest BCUT2D eigenvalue weighted by Crippen LogP contribution is 2.15. The van der Waals surface area contributed by atoms with Crippen LogP contribution >= 0.6 is 11.3 Å². The first-order valence-corrected chi connectivity index (χ1v) is 9.34. The number of carbonyl (C=O) groups is 1. The first-order valence-electron chi connectivity index (χ1n) is 8.53. The summed E-state index contributed by atoms with van der Waals surface area (Å²) in [6.45, 7) is 1.82. The molecule has 0 saturated carbocycles. The number of nitrogens with zero attached hydrogens (tertiary/aromatic N) is 3. The Morgan fingerprint density at radius 1 is 1.25 bits per heavy atom. The molecule has 2 aromatic carbocycles. The van der Waals surface area contributed by atoms with Gasteiger partial charge in [-0.05, 0) is 42.3 Å². The molecule has 8 heteroatoms. The van der Waals surface area contributed by atoms with Crippen molar-refractivity contribution in [3.8, 4) is 5.75 Å². The van der Waals surface area contributed by atoms with Crippen molar-refractivity contribution in [1.82, 2.24) is 14.6 Å². The maximum absolute atomic E-state index is 12.3. The monoisotopic (exact) mass is 392 g/mol. The van der Waals surface area contributed by atoms with E-state index in [2.05, 4.69) is 15.4 Å². The number of amides is 1. The molecule has 0 spiro atoms. The van der Waals surface area contributed by atoms with Gasteiger partial charge < -0.3 is 10.1 Å². The van der Waals surface area contributed by atoms with Crippen LogP contribution < -0.4 is 20.1 Å². The number of fused-ring (bicyclic) bond motifs is 1. The molecule has 0 aliphatic rings.